The van der Waals surface area contributed by atoms with Crippen molar-refractivity contribution in [3.05, 3.63) is 51.1 Å². The molecule has 2 aromatic heterocycles. The molecule has 0 aliphatic heterocycles. The lowest BCUT2D eigenvalue weighted by Crippen LogP contribution is -2.29. The van der Waals surface area contributed by atoms with Crippen LogP contribution >= 0.6 is 0 Å². The monoisotopic (exact) mass is 390 g/mol. The van der Waals surface area contributed by atoms with Crippen LogP contribution in [0.15, 0.2) is 34.1 Å². The zero-order chi connectivity index (χ0) is 20.7. The van der Waals surface area contributed by atoms with Crippen molar-refractivity contribution in [2.24, 2.45) is 7.05 Å². The fourth-order valence-corrected chi connectivity index (χ4v) is 2.61. The van der Waals surface area contributed by atoms with Gasteiger partial charge >= 0.3 is 5.69 Å². The van der Waals surface area contributed by atoms with Crippen molar-refractivity contribution in [3.63, 3.8) is 0 Å². The third-order valence-electron chi connectivity index (χ3n) is 4.07. The molecule has 0 fully saturated rings. The summed E-state index contributed by atoms with van der Waals surface area (Å²) < 4.78 is 2.89. The Morgan fingerprint density at radius 1 is 1.25 bits per heavy atom. The lowest BCUT2D eigenvalue weighted by Gasteiger charge is -2.10. The van der Waals surface area contributed by atoms with Crippen molar-refractivity contribution in [1.29, 1.82) is 0 Å². The Morgan fingerprint density at radius 3 is 2.68 bits per heavy atom. The molecular formula is C18H26N6O4. The summed E-state index contributed by atoms with van der Waals surface area (Å²) in [6, 6.07) is 2.82. The molecule has 0 aliphatic carbocycles. The molecule has 10 nitrogen and oxygen atoms in total. The molecule has 3 N–H and O–H groups in total. The Balaban J connectivity index is 1.87. The summed E-state index contributed by atoms with van der Waals surface area (Å²) in [5.74, 6) is -0.511. The molecule has 0 spiro atoms. The first-order valence-electron chi connectivity index (χ1n) is 8.95. The maximum atomic E-state index is 12.3. The first kappa shape index (κ1) is 21.2. The van der Waals surface area contributed by atoms with Gasteiger partial charge in [-0.15, -0.1) is 0 Å². The first-order valence-corrected chi connectivity index (χ1v) is 8.95. The number of aromatic nitrogens is 3. The molecule has 152 valence electrons. The number of carbonyl (C=O) groups excluding carboxylic acids is 2. The van der Waals surface area contributed by atoms with Crippen molar-refractivity contribution in [2.45, 2.75) is 19.4 Å². The van der Waals surface area contributed by atoms with Crippen molar-refractivity contribution in [2.75, 3.05) is 32.5 Å². The molecule has 0 aliphatic rings. The summed E-state index contributed by atoms with van der Waals surface area (Å²) >= 11 is 0. The van der Waals surface area contributed by atoms with Gasteiger partial charge in [0.15, 0.2) is 0 Å². The molecule has 0 bridgehead atoms. The van der Waals surface area contributed by atoms with Crippen LogP contribution in [0.2, 0.25) is 0 Å². The molecule has 28 heavy (non-hydrogen) atoms. The van der Waals surface area contributed by atoms with Crippen molar-refractivity contribution in [1.82, 2.24) is 24.3 Å². The highest BCUT2D eigenvalue weighted by atomic mass is 16.2. The second kappa shape index (κ2) is 9.70. The van der Waals surface area contributed by atoms with Gasteiger partial charge in [0.2, 0.25) is 5.91 Å². The molecule has 0 radical (unpaired) electrons. The highest BCUT2D eigenvalue weighted by Gasteiger charge is 2.13. The lowest BCUT2D eigenvalue weighted by molar-refractivity contribution is -0.116. The van der Waals surface area contributed by atoms with Gasteiger partial charge in [-0.25, -0.2) is 4.79 Å². The molecule has 0 saturated carbocycles. The third-order valence-corrected chi connectivity index (χ3v) is 4.07. The highest BCUT2D eigenvalue weighted by molar-refractivity contribution is 5.96. The van der Waals surface area contributed by atoms with Crippen molar-refractivity contribution >= 4 is 17.5 Å². The van der Waals surface area contributed by atoms with E-state index in [1.165, 1.54) is 16.8 Å². The van der Waals surface area contributed by atoms with Gasteiger partial charge in [-0.05, 0) is 33.1 Å². The lowest BCUT2D eigenvalue weighted by atomic mass is 10.3. The van der Waals surface area contributed by atoms with Gasteiger partial charge in [-0.1, -0.05) is 0 Å². The molecule has 2 amide bonds. The standard InChI is InChI=1S/C18H26N6O4/c1-22(2)8-4-7-19-17(27)14-11-13(12-23(14)3)20-15(25)5-9-24-10-6-16(26)21-18(24)28/h6,10-12H,4-5,7-9H2,1-3H3,(H,19,27)(H,20,25)(H,21,26,28). The van der Waals surface area contributed by atoms with E-state index < -0.39 is 11.2 Å². The van der Waals surface area contributed by atoms with Crippen LogP contribution < -0.4 is 21.9 Å². The Morgan fingerprint density at radius 2 is 2.00 bits per heavy atom. The predicted octanol–water partition coefficient (Wildman–Crippen LogP) is -0.415. The van der Waals surface area contributed by atoms with Crippen LogP contribution in [0.5, 0.6) is 0 Å². The number of aryl methyl sites for hydroxylation is 2. The summed E-state index contributed by atoms with van der Waals surface area (Å²) in [5, 5.41) is 5.56. The van der Waals surface area contributed by atoms with Gasteiger partial charge in [0.1, 0.15) is 5.69 Å². The van der Waals surface area contributed by atoms with E-state index in [0.29, 0.717) is 17.9 Å². The summed E-state index contributed by atoms with van der Waals surface area (Å²) in [6.07, 6.45) is 3.89. The maximum Gasteiger partial charge on any atom is 0.328 e. The van der Waals surface area contributed by atoms with Crippen LogP contribution in [0.3, 0.4) is 0 Å². The fraction of sp³-hybridized carbons (Fsp3) is 0.444. The SMILES string of the molecule is CN(C)CCCNC(=O)c1cc(NC(=O)CCn2ccc(=O)[nH]c2=O)cn1C. The molecule has 0 unspecified atom stereocenters. The number of rotatable bonds is 9. The number of anilines is 1. The minimum atomic E-state index is -0.562. The van der Waals surface area contributed by atoms with E-state index in [2.05, 4.69) is 15.6 Å². The Hall–Kier alpha value is -3.14. The topological polar surface area (TPSA) is 121 Å². The third kappa shape index (κ3) is 6.23. The fourth-order valence-electron chi connectivity index (χ4n) is 2.61. The van der Waals surface area contributed by atoms with Gasteiger partial charge in [-0.2, -0.15) is 0 Å². The van der Waals surface area contributed by atoms with E-state index in [0.717, 1.165) is 13.0 Å². The van der Waals surface area contributed by atoms with E-state index in [1.54, 1.807) is 23.9 Å². The number of hydrogen-bond acceptors (Lipinski definition) is 5. The number of amides is 2. The predicted molar refractivity (Wildman–Crippen MR) is 105 cm³/mol. The minimum absolute atomic E-state index is 0.0485. The van der Waals surface area contributed by atoms with Gasteiger partial charge in [0, 0.05) is 45.0 Å². The van der Waals surface area contributed by atoms with Crippen LogP contribution in [0.4, 0.5) is 5.69 Å². The molecule has 2 rings (SSSR count). The quantitative estimate of drug-likeness (QED) is 0.503. The van der Waals surface area contributed by atoms with Crippen LogP contribution in [-0.2, 0) is 18.4 Å². The average Bonchev–Trinajstić information content (AvgIpc) is 2.98. The van der Waals surface area contributed by atoms with Gasteiger partial charge in [-0.3, -0.25) is 19.4 Å². The van der Waals surface area contributed by atoms with Gasteiger partial charge < -0.3 is 24.7 Å². The normalized spacial score (nSPS) is 10.9. The van der Waals surface area contributed by atoms with E-state index in [-0.39, 0.29) is 24.8 Å². The smallest absolute Gasteiger partial charge is 0.328 e. The summed E-state index contributed by atoms with van der Waals surface area (Å²) in [7, 11) is 5.67. The second-order valence-electron chi connectivity index (χ2n) is 6.74. The Kier molecular flexibility index (Phi) is 7.33. The van der Waals surface area contributed by atoms with Crippen molar-refractivity contribution in [3.8, 4) is 0 Å². The second-order valence-corrected chi connectivity index (χ2v) is 6.74. The summed E-state index contributed by atoms with van der Waals surface area (Å²) in [5.41, 5.74) is -0.104. The number of nitrogens with zero attached hydrogens (tertiary/aromatic N) is 3. The minimum Gasteiger partial charge on any atom is -0.351 e. The number of aromatic amines is 1. The molecule has 0 saturated heterocycles. The van der Waals surface area contributed by atoms with Crippen molar-refractivity contribution < 1.29 is 9.59 Å². The summed E-state index contributed by atoms with van der Waals surface area (Å²) in [4.78, 5) is 51.2. The molecule has 10 heteroatoms. The van der Waals surface area contributed by atoms with Crippen LogP contribution in [0, 0.1) is 0 Å². The molecule has 0 aromatic carbocycles. The van der Waals surface area contributed by atoms with Crippen LogP contribution in [-0.4, -0.2) is 58.0 Å². The average molecular weight is 390 g/mol. The first-order chi connectivity index (χ1) is 13.3. The molecular weight excluding hydrogens is 364 g/mol. The number of hydrogen-bond donors (Lipinski definition) is 3. The zero-order valence-electron chi connectivity index (χ0n) is 16.3. The summed E-state index contributed by atoms with van der Waals surface area (Å²) in [6.45, 7) is 1.58. The van der Waals surface area contributed by atoms with Crippen LogP contribution in [0.1, 0.15) is 23.3 Å². The Bertz CT molecular complexity index is 940. The van der Waals surface area contributed by atoms with Gasteiger partial charge in [0.05, 0.1) is 5.69 Å². The van der Waals surface area contributed by atoms with E-state index in [9.17, 15) is 19.2 Å². The number of carbonyl (C=O) groups is 2. The Labute approximate surface area is 162 Å². The van der Waals surface area contributed by atoms with E-state index in [4.69, 9.17) is 0 Å². The van der Waals surface area contributed by atoms with E-state index in [1.807, 2.05) is 19.0 Å². The zero-order valence-corrected chi connectivity index (χ0v) is 16.3. The van der Waals surface area contributed by atoms with E-state index >= 15 is 0 Å². The van der Waals surface area contributed by atoms with Crippen LogP contribution in [0.25, 0.3) is 0 Å². The maximum absolute atomic E-state index is 12.3. The number of nitrogens with one attached hydrogen (secondary N) is 3. The largest absolute Gasteiger partial charge is 0.351 e. The highest BCUT2D eigenvalue weighted by Crippen LogP contribution is 2.13. The van der Waals surface area contributed by atoms with Gasteiger partial charge in [0.25, 0.3) is 11.5 Å². The molecule has 2 heterocycles. The molecule has 0 atom stereocenters. The molecule has 2 aromatic rings. The number of H-pyrrole nitrogens is 1.